The van der Waals surface area contributed by atoms with Crippen LogP contribution in [0.1, 0.15) is 23.8 Å². The molecule has 6 nitrogen and oxygen atoms in total. The maximum Gasteiger partial charge on any atom is 0.225 e. The van der Waals surface area contributed by atoms with E-state index in [0.717, 1.165) is 0 Å². The molecule has 0 spiro atoms. The largest absolute Gasteiger partial charge is 0.494 e. The van der Waals surface area contributed by atoms with Crippen molar-refractivity contribution in [2.45, 2.75) is 18.6 Å². The van der Waals surface area contributed by atoms with Crippen molar-refractivity contribution in [1.82, 2.24) is 14.8 Å². The van der Waals surface area contributed by atoms with Crippen LogP contribution in [0, 0.1) is 0 Å². The summed E-state index contributed by atoms with van der Waals surface area (Å²) in [5.41, 5.74) is 5.91. The van der Waals surface area contributed by atoms with E-state index in [1.807, 2.05) is 13.2 Å². The standard InChI is InChI=1S/C14H17ClN4O2S/c1-8(22-3)14-17-13(7-12(16)20)18-19(14)10-6-9(15)4-5-11(10)21-2/h4-6,8H,7H2,1-3H3,(H2,16,20)/t8-/m0/s1. The lowest BCUT2D eigenvalue weighted by Gasteiger charge is -2.13. The highest BCUT2D eigenvalue weighted by atomic mass is 35.5. The number of carbonyl (C=O) groups excluding carboxylic acids is 1. The monoisotopic (exact) mass is 340 g/mol. The van der Waals surface area contributed by atoms with Crippen LogP contribution >= 0.6 is 23.4 Å². The zero-order valence-corrected chi connectivity index (χ0v) is 14.1. The summed E-state index contributed by atoms with van der Waals surface area (Å²) in [5, 5.41) is 5.03. The van der Waals surface area contributed by atoms with Gasteiger partial charge in [-0.3, -0.25) is 4.79 Å². The Morgan fingerprint density at radius 3 is 2.86 bits per heavy atom. The van der Waals surface area contributed by atoms with Crippen LogP contribution in [-0.4, -0.2) is 34.0 Å². The van der Waals surface area contributed by atoms with E-state index < -0.39 is 5.91 Å². The zero-order chi connectivity index (χ0) is 16.3. The van der Waals surface area contributed by atoms with Gasteiger partial charge in [-0.25, -0.2) is 9.67 Å². The number of halogens is 1. The molecule has 0 fully saturated rings. The first-order valence-corrected chi connectivity index (χ1v) is 8.23. The molecule has 1 atom stereocenters. The fourth-order valence-electron chi connectivity index (χ4n) is 1.97. The van der Waals surface area contributed by atoms with Crippen LogP contribution < -0.4 is 10.5 Å². The molecule has 2 rings (SSSR count). The van der Waals surface area contributed by atoms with E-state index in [1.165, 1.54) is 0 Å². The summed E-state index contributed by atoms with van der Waals surface area (Å²) in [4.78, 5) is 15.6. The summed E-state index contributed by atoms with van der Waals surface area (Å²) < 4.78 is 7.02. The van der Waals surface area contributed by atoms with Gasteiger partial charge >= 0.3 is 0 Å². The Morgan fingerprint density at radius 1 is 1.55 bits per heavy atom. The number of benzene rings is 1. The van der Waals surface area contributed by atoms with Crippen LogP contribution in [-0.2, 0) is 11.2 Å². The second-order valence-corrected chi connectivity index (χ2v) is 6.25. The maximum atomic E-state index is 11.1. The molecule has 2 N–H and O–H groups in total. The van der Waals surface area contributed by atoms with E-state index in [0.29, 0.717) is 28.1 Å². The third-order valence-corrected chi connectivity index (χ3v) is 4.25. The third-order valence-electron chi connectivity index (χ3n) is 3.09. The number of hydrogen-bond acceptors (Lipinski definition) is 5. The molecule has 0 saturated heterocycles. The van der Waals surface area contributed by atoms with Gasteiger partial charge in [0, 0.05) is 5.02 Å². The first kappa shape index (κ1) is 16.6. The highest BCUT2D eigenvalue weighted by molar-refractivity contribution is 7.98. The van der Waals surface area contributed by atoms with E-state index >= 15 is 0 Å². The quantitative estimate of drug-likeness (QED) is 0.872. The predicted octanol–water partition coefficient (Wildman–Crippen LogP) is 2.38. The smallest absolute Gasteiger partial charge is 0.225 e. The average molecular weight is 341 g/mol. The molecule has 0 unspecified atom stereocenters. The Kier molecular flexibility index (Phi) is 5.31. The molecule has 1 aromatic heterocycles. The lowest BCUT2D eigenvalue weighted by atomic mass is 10.3. The molecule has 2 aromatic rings. The molecule has 1 amide bonds. The summed E-state index contributed by atoms with van der Waals surface area (Å²) in [6.45, 7) is 2.01. The minimum Gasteiger partial charge on any atom is -0.494 e. The molecule has 0 aliphatic rings. The summed E-state index contributed by atoms with van der Waals surface area (Å²) in [7, 11) is 1.58. The average Bonchev–Trinajstić information content (AvgIpc) is 2.89. The molecular weight excluding hydrogens is 324 g/mol. The minimum atomic E-state index is -0.474. The van der Waals surface area contributed by atoms with Crippen LogP contribution in [0.25, 0.3) is 5.69 Å². The van der Waals surface area contributed by atoms with E-state index in [-0.39, 0.29) is 11.7 Å². The van der Waals surface area contributed by atoms with Gasteiger partial charge in [-0.1, -0.05) is 11.6 Å². The lowest BCUT2D eigenvalue weighted by molar-refractivity contribution is -0.117. The van der Waals surface area contributed by atoms with Gasteiger partial charge in [0.25, 0.3) is 0 Å². The number of carbonyl (C=O) groups is 1. The molecule has 0 saturated carbocycles. The number of rotatable bonds is 6. The van der Waals surface area contributed by atoms with Crippen LogP contribution in [0.3, 0.4) is 0 Å². The normalized spacial score (nSPS) is 12.2. The van der Waals surface area contributed by atoms with Gasteiger partial charge < -0.3 is 10.5 Å². The summed E-state index contributed by atoms with van der Waals surface area (Å²) in [5.74, 6) is 1.24. The van der Waals surface area contributed by atoms with Crippen molar-refractivity contribution in [3.63, 3.8) is 0 Å². The van der Waals surface area contributed by atoms with E-state index in [2.05, 4.69) is 10.1 Å². The van der Waals surface area contributed by atoms with Gasteiger partial charge in [-0.2, -0.15) is 16.9 Å². The molecule has 0 aliphatic carbocycles. The van der Waals surface area contributed by atoms with E-state index in [9.17, 15) is 4.79 Å². The Morgan fingerprint density at radius 2 is 2.27 bits per heavy atom. The minimum absolute atomic E-state index is 0.00994. The second kappa shape index (κ2) is 7.02. The van der Waals surface area contributed by atoms with Gasteiger partial charge in [0.05, 0.1) is 18.8 Å². The molecule has 0 aliphatic heterocycles. The van der Waals surface area contributed by atoms with Crippen LogP contribution in [0.15, 0.2) is 18.2 Å². The van der Waals surface area contributed by atoms with Crippen molar-refractivity contribution in [3.8, 4) is 11.4 Å². The summed E-state index contributed by atoms with van der Waals surface area (Å²) in [6, 6.07) is 5.25. The molecule has 1 heterocycles. The number of hydrogen-bond donors (Lipinski definition) is 1. The SMILES string of the molecule is COc1ccc(Cl)cc1-n1nc(CC(N)=O)nc1[C@H](C)SC. The number of methoxy groups -OCH3 is 1. The van der Waals surface area contributed by atoms with Gasteiger partial charge in [-0.15, -0.1) is 0 Å². The van der Waals surface area contributed by atoms with Crippen molar-refractivity contribution >= 4 is 29.3 Å². The Bertz CT molecular complexity index is 689. The molecule has 0 radical (unpaired) electrons. The fraction of sp³-hybridized carbons (Fsp3) is 0.357. The molecule has 22 heavy (non-hydrogen) atoms. The van der Waals surface area contributed by atoms with Gasteiger partial charge in [-0.05, 0) is 31.4 Å². The van der Waals surface area contributed by atoms with E-state index in [1.54, 1.807) is 41.8 Å². The Labute approximate surface area is 138 Å². The van der Waals surface area contributed by atoms with E-state index in [4.69, 9.17) is 22.1 Å². The van der Waals surface area contributed by atoms with Crippen LogP contribution in [0.2, 0.25) is 5.02 Å². The molecule has 1 aromatic carbocycles. The summed E-state index contributed by atoms with van der Waals surface area (Å²) in [6.07, 6.45) is 1.97. The molecular formula is C14H17ClN4O2S. The van der Waals surface area contributed by atoms with Gasteiger partial charge in [0.15, 0.2) is 5.82 Å². The van der Waals surface area contributed by atoms with Gasteiger partial charge in [0.2, 0.25) is 5.91 Å². The van der Waals surface area contributed by atoms with Crippen molar-refractivity contribution in [3.05, 3.63) is 34.9 Å². The van der Waals surface area contributed by atoms with Gasteiger partial charge in [0.1, 0.15) is 17.3 Å². The molecule has 118 valence electrons. The Hall–Kier alpha value is -1.73. The number of ether oxygens (including phenoxy) is 1. The summed E-state index contributed by atoms with van der Waals surface area (Å²) >= 11 is 7.71. The predicted molar refractivity (Wildman–Crippen MR) is 87.7 cm³/mol. The zero-order valence-electron chi connectivity index (χ0n) is 12.5. The van der Waals surface area contributed by atoms with Crippen LogP contribution in [0.4, 0.5) is 0 Å². The lowest BCUT2D eigenvalue weighted by Crippen LogP contribution is -2.14. The van der Waals surface area contributed by atoms with Crippen molar-refractivity contribution < 1.29 is 9.53 Å². The maximum absolute atomic E-state index is 11.1. The van der Waals surface area contributed by atoms with Crippen LogP contribution in [0.5, 0.6) is 5.75 Å². The first-order chi connectivity index (χ1) is 10.5. The second-order valence-electron chi connectivity index (χ2n) is 4.64. The number of thioether (sulfide) groups is 1. The number of primary amides is 1. The number of amides is 1. The third kappa shape index (κ3) is 3.53. The van der Waals surface area contributed by atoms with Crippen molar-refractivity contribution in [2.75, 3.05) is 13.4 Å². The Balaban J connectivity index is 2.59. The highest BCUT2D eigenvalue weighted by Crippen LogP contribution is 2.31. The fourth-order valence-corrected chi connectivity index (χ4v) is 2.50. The number of nitrogens with two attached hydrogens (primary N) is 1. The van der Waals surface area contributed by atoms with Crippen molar-refractivity contribution in [1.29, 1.82) is 0 Å². The highest BCUT2D eigenvalue weighted by Gasteiger charge is 2.20. The number of aromatic nitrogens is 3. The first-order valence-electron chi connectivity index (χ1n) is 6.57. The molecule has 0 bridgehead atoms. The topological polar surface area (TPSA) is 83.0 Å². The number of nitrogens with zero attached hydrogens (tertiary/aromatic N) is 3. The molecule has 8 heteroatoms. The van der Waals surface area contributed by atoms with Crippen molar-refractivity contribution in [2.24, 2.45) is 5.73 Å².